The minimum Gasteiger partial charge on any atom is -0.756 e. The summed E-state index contributed by atoms with van der Waals surface area (Å²) in [5.74, 6) is -0.832. The minimum absolute atomic E-state index is 0.0327. The summed E-state index contributed by atoms with van der Waals surface area (Å²) in [5.41, 5.74) is 0. The predicted octanol–water partition coefficient (Wildman–Crippen LogP) is 16.9. The van der Waals surface area contributed by atoms with E-state index in [9.17, 15) is 19.0 Å². The van der Waals surface area contributed by atoms with Crippen LogP contribution in [0.1, 0.15) is 251 Å². The van der Waals surface area contributed by atoms with Crippen molar-refractivity contribution in [3.63, 3.8) is 0 Å². The molecular weight excluding hydrogens is 882 g/mol. The van der Waals surface area contributed by atoms with Crippen LogP contribution in [-0.4, -0.2) is 70.0 Å². The summed E-state index contributed by atoms with van der Waals surface area (Å²) < 4.78 is 34.2. The van der Waals surface area contributed by atoms with E-state index < -0.39 is 26.5 Å². The maximum atomic E-state index is 12.8. The largest absolute Gasteiger partial charge is 0.756 e. The second-order valence-electron chi connectivity index (χ2n) is 20.3. The van der Waals surface area contributed by atoms with Crippen molar-refractivity contribution in [2.24, 2.45) is 0 Å². The van der Waals surface area contributed by atoms with E-state index in [1.165, 1.54) is 141 Å². The fraction of sp³-hybridized carbons (Fsp3) is 0.797. The molecule has 2 atom stereocenters. The SMILES string of the molecule is CC/C=C\C/C=C\C/C=C\C/C=C\C/C=C\CCCCCCCCCCCC(=O)OC(COC(=O)CCCCCCCCCCCCCCCCCCCCCC)COP(=O)([O-])OCC[N+](C)(C)C. The summed E-state index contributed by atoms with van der Waals surface area (Å²) in [7, 11) is 1.16. The van der Waals surface area contributed by atoms with E-state index in [0.717, 1.165) is 77.0 Å². The number of phosphoric ester groups is 1. The molecule has 0 spiro atoms. The van der Waals surface area contributed by atoms with E-state index in [1.807, 2.05) is 21.1 Å². The Morgan fingerprint density at radius 3 is 1.23 bits per heavy atom. The van der Waals surface area contributed by atoms with Crippen molar-refractivity contribution < 1.29 is 42.1 Å². The number of nitrogens with zero attached hydrogens (tertiary/aromatic N) is 1. The third kappa shape index (κ3) is 54.9. The molecule has 0 saturated carbocycles. The van der Waals surface area contributed by atoms with Crippen molar-refractivity contribution in [3.05, 3.63) is 60.8 Å². The molecule has 0 N–H and O–H groups in total. The van der Waals surface area contributed by atoms with E-state index in [1.54, 1.807) is 0 Å². The molecule has 0 heterocycles. The molecule has 0 aliphatic rings. The van der Waals surface area contributed by atoms with Crippen molar-refractivity contribution in [2.75, 3.05) is 47.5 Å². The molecule has 69 heavy (non-hydrogen) atoms. The normalized spacial score (nSPS) is 13.8. The highest BCUT2D eigenvalue weighted by atomic mass is 31.2. The number of hydrogen-bond donors (Lipinski definition) is 0. The lowest BCUT2D eigenvalue weighted by molar-refractivity contribution is -0.870. The van der Waals surface area contributed by atoms with E-state index >= 15 is 0 Å². The molecular formula is C59H108NO8P. The molecule has 0 amide bonds. The molecule has 0 bridgehead atoms. The number of phosphoric acid groups is 1. The van der Waals surface area contributed by atoms with E-state index in [0.29, 0.717) is 17.4 Å². The number of unbranched alkanes of at least 4 members (excludes halogenated alkanes) is 28. The molecule has 0 aromatic heterocycles. The molecule has 2 unspecified atom stereocenters. The van der Waals surface area contributed by atoms with Gasteiger partial charge in [0, 0.05) is 12.8 Å². The first-order valence-electron chi connectivity index (χ1n) is 28.5. The molecule has 0 radical (unpaired) electrons. The average Bonchev–Trinajstić information content (AvgIpc) is 3.31. The van der Waals surface area contributed by atoms with Gasteiger partial charge in [-0.3, -0.25) is 14.2 Å². The van der Waals surface area contributed by atoms with Crippen molar-refractivity contribution in [1.29, 1.82) is 0 Å². The van der Waals surface area contributed by atoms with Crippen molar-refractivity contribution >= 4 is 19.8 Å². The number of esters is 2. The number of likely N-dealkylation sites (N-methyl/N-ethyl adjacent to an activating group) is 1. The van der Waals surface area contributed by atoms with Gasteiger partial charge in [0.2, 0.25) is 0 Å². The van der Waals surface area contributed by atoms with E-state index in [-0.39, 0.29) is 32.0 Å². The molecule has 0 aromatic carbocycles. The Balaban J connectivity index is 4.19. The van der Waals surface area contributed by atoms with Gasteiger partial charge in [-0.15, -0.1) is 0 Å². The van der Waals surface area contributed by atoms with Crippen LogP contribution >= 0.6 is 7.82 Å². The van der Waals surface area contributed by atoms with Crippen molar-refractivity contribution in [1.82, 2.24) is 0 Å². The second kappa shape index (κ2) is 50.6. The smallest absolute Gasteiger partial charge is 0.306 e. The second-order valence-corrected chi connectivity index (χ2v) is 21.7. The monoisotopic (exact) mass is 990 g/mol. The van der Waals surface area contributed by atoms with Gasteiger partial charge < -0.3 is 27.9 Å². The summed E-state index contributed by atoms with van der Waals surface area (Å²) in [6, 6.07) is 0. The fourth-order valence-electron chi connectivity index (χ4n) is 7.92. The van der Waals surface area contributed by atoms with Crippen LogP contribution in [0.5, 0.6) is 0 Å². The number of carbonyl (C=O) groups is 2. The van der Waals surface area contributed by atoms with Gasteiger partial charge in [0.25, 0.3) is 7.82 Å². The molecule has 9 nitrogen and oxygen atoms in total. The third-order valence-corrected chi connectivity index (χ3v) is 13.3. The molecule has 0 aromatic rings. The molecule has 402 valence electrons. The Morgan fingerprint density at radius 2 is 0.826 bits per heavy atom. The van der Waals surface area contributed by atoms with Crippen LogP contribution < -0.4 is 4.89 Å². The van der Waals surface area contributed by atoms with Crippen LogP contribution in [0.4, 0.5) is 0 Å². The highest BCUT2D eigenvalue weighted by Crippen LogP contribution is 2.38. The van der Waals surface area contributed by atoms with Crippen LogP contribution in [0, 0.1) is 0 Å². The van der Waals surface area contributed by atoms with E-state index in [4.69, 9.17) is 18.5 Å². The summed E-state index contributed by atoms with van der Waals surface area (Å²) in [5, 5.41) is 0. The number of hydrogen-bond acceptors (Lipinski definition) is 8. The lowest BCUT2D eigenvalue weighted by Gasteiger charge is -2.28. The van der Waals surface area contributed by atoms with E-state index in [2.05, 4.69) is 74.6 Å². The first-order valence-corrected chi connectivity index (χ1v) is 30.0. The Morgan fingerprint density at radius 1 is 0.464 bits per heavy atom. The van der Waals surface area contributed by atoms with Gasteiger partial charge in [0.15, 0.2) is 6.10 Å². The fourth-order valence-corrected chi connectivity index (χ4v) is 8.65. The van der Waals surface area contributed by atoms with Gasteiger partial charge in [0.05, 0.1) is 27.7 Å². The lowest BCUT2D eigenvalue weighted by Crippen LogP contribution is -2.37. The van der Waals surface area contributed by atoms with Crippen molar-refractivity contribution in [3.8, 4) is 0 Å². The van der Waals surface area contributed by atoms with Crippen LogP contribution in [0.3, 0.4) is 0 Å². The lowest BCUT2D eigenvalue weighted by atomic mass is 10.0. The summed E-state index contributed by atoms with van der Waals surface area (Å²) in [6.45, 7) is 4.15. The number of allylic oxidation sites excluding steroid dienone is 10. The Hall–Kier alpha value is -2.29. The van der Waals surface area contributed by atoms with Gasteiger partial charge >= 0.3 is 11.9 Å². The number of quaternary nitrogens is 1. The molecule has 0 saturated heterocycles. The zero-order valence-corrected chi connectivity index (χ0v) is 46.4. The zero-order chi connectivity index (χ0) is 50.6. The Labute approximate surface area is 426 Å². The van der Waals surface area contributed by atoms with Gasteiger partial charge in [0.1, 0.15) is 19.8 Å². The molecule has 10 heteroatoms. The summed E-state index contributed by atoms with van der Waals surface area (Å²) in [4.78, 5) is 37.9. The van der Waals surface area contributed by atoms with Crippen LogP contribution in [0.15, 0.2) is 60.8 Å². The average molecular weight is 990 g/mol. The highest BCUT2D eigenvalue weighted by Gasteiger charge is 2.22. The molecule has 0 aliphatic carbocycles. The van der Waals surface area contributed by atoms with Gasteiger partial charge in [-0.2, -0.15) is 0 Å². The van der Waals surface area contributed by atoms with Gasteiger partial charge in [-0.05, 0) is 57.8 Å². The third-order valence-electron chi connectivity index (χ3n) is 12.3. The van der Waals surface area contributed by atoms with Crippen LogP contribution in [0.25, 0.3) is 0 Å². The molecule has 0 aliphatic heterocycles. The maximum absolute atomic E-state index is 12.8. The Bertz CT molecular complexity index is 1350. The maximum Gasteiger partial charge on any atom is 0.306 e. The van der Waals surface area contributed by atoms with Crippen LogP contribution in [0.2, 0.25) is 0 Å². The van der Waals surface area contributed by atoms with Gasteiger partial charge in [-0.1, -0.05) is 242 Å². The molecule has 0 rings (SSSR count). The minimum atomic E-state index is -4.64. The first kappa shape index (κ1) is 66.7. The number of carbonyl (C=O) groups excluding carboxylic acids is 2. The standard InChI is InChI=1S/C59H108NO8P/c1-6-8-10-12-14-16-18-20-22-24-26-28-29-30-31-32-34-36-38-40-42-44-46-48-50-52-59(62)68-57(56-67-69(63,64)66-54-53-60(3,4)5)55-65-58(61)51-49-47-45-43-41-39-37-35-33-27-25-23-21-19-17-15-13-11-9-7-2/h8,10,14,16,20,22,26,28,30-31,57H,6-7,9,11-13,15,17-19,21,23-25,27,29,32-56H2,1-5H3/b10-8-,16-14-,22-20-,28-26-,31-30-. The number of rotatable bonds is 52. The summed E-state index contributed by atoms with van der Waals surface area (Å²) in [6.07, 6.45) is 64.0. The van der Waals surface area contributed by atoms with Crippen LogP contribution in [-0.2, 0) is 32.7 Å². The Kier molecular flexibility index (Phi) is 49.0. The topological polar surface area (TPSA) is 111 Å². The number of ether oxygens (including phenoxy) is 2. The van der Waals surface area contributed by atoms with Crippen molar-refractivity contribution in [2.45, 2.75) is 258 Å². The quantitative estimate of drug-likeness (QED) is 0.0195. The van der Waals surface area contributed by atoms with Gasteiger partial charge in [-0.25, -0.2) is 0 Å². The first-order chi connectivity index (χ1) is 33.5. The summed E-state index contributed by atoms with van der Waals surface area (Å²) >= 11 is 0. The zero-order valence-electron chi connectivity index (χ0n) is 45.5. The highest BCUT2D eigenvalue weighted by molar-refractivity contribution is 7.45. The molecule has 0 fully saturated rings. The predicted molar refractivity (Wildman–Crippen MR) is 291 cm³/mol.